The molecule has 0 spiro atoms. The average Bonchev–Trinajstić information content (AvgIpc) is 2.16. The molecule has 78 valence electrons. The number of carboxylic acids is 1. The van der Waals surface area contributed by atoms with E-state index in [9.17, 15) is 4.79 Å². The second-order valence-corrected chi connectivity index (χ2v) is 3.47. The Labute approximate surface area is 89.6 Å². The van der Waals surface area contributed by atoms with E-state index >= 15 is 0 Å². The van der Waals surface area contributed by atoms with Crippen molar-refractivity contribution in [2.75, 3.05) is 0 Å². The van der Waals surface area contributed by atoms with Gasteiger partial charge in [0.25, 0.3) is 0 Å². The molecule has 0 aliphatic rings. The van der Waals surface area contributed by atoms with Crippen LogP contribution in [0.25, 0.3) is 6.08 Å². The fraction of sp³-hybridized carbons (Fsp3) is 0.154. The minimum Gasteiger partial charge on any atom is -0.478 e. The zero-order valence-corrected chi connectivity index (χ0v) is 8.90. The summed E-state index contributed by atoms with van der Waals surface area (Å²) in [6.07, 6.45) is 4.87. The minimum atomic E-state index is -0.916. The Balaban J connectivity index is 2.73. The standard InChI is InChI=1S/C13H14O2/c1-10-3-6-12(7-4-10)8-5-11(2)9-13(14)15/h3-9H,1-2H3,(H,14,15)/b8-5+,11-9+. The highest BCUT2D eigenvalue weighted by Crippen LogP contribution is 2.07. The van der Waals surface area contributed by atoms with E-state index in [1.54, 1.807) is 13.0 Å². The molecule has 15 heavy (non-hydrogen) atoms. The molecule has 1 aromatic rings. The molecule has 1 rings (SSSR count). The van der Waals surface area contributed by atoms with Crippen LogP contribution >= 0.6 is 0 Å². The maximum atomic E-state index is 10.4. The van der Waals surface area contributed by atoms with Crippen LogP contribution < -0.4 is 0 Å². The molecule has 0 atom stereocenters. The van der Waals surface area contributed by atoms with E-state index < -0.39 is 5.97 Å². The summed E-state index contributed by atoms with van der Waals surface area (Å²) in [4.78, 5) is 10.4. The van der Waals surface area contributed by atoms with Crippen molar-refractivity contribution < 1.29 is 9.90 Å². The Hall–Kier alpha value is -1.83. The molecule has 0 radical (unpaired) electrons. The zero-order chi connectivity index (χ0) is 11.3. The van der Waals surface area contributed by atoms with E-state index in [2.05, 4.69) is 0 Å². The molecule has 0 aliphatic heterocycles. The van der Waals surface area contributed by atoms with Crippen LogP contribution in [0, 0.1) is 6.92 Å². The summed E-state index contributed by atoms with van der Waals surface area (Å²) in [5.41, 5.74) is 3.01. The van der Waals surface area contributed by atoms with Gasteiger partial charge in [0.1, 0.15) is 0 Å². The summed E-state index contributed by atoms with van der Waals surface area (Å²) >= 11 is 0. The van der Waals surface area contributed by atoms with Crippen LogP contribution in [0.4, 0.5) is 0 Å². The SMILES string of the molecule is CC(/C=C/c1ccc(C)cc1)=C\C(=O)O. The van der Waals surface area contributed by atoms with Gasteiger partial charge in [-0.2, -0.15) is 0 Å². The van der Waals surface area contributed by atoms with Gasteiger partial charge in [-0.25, -0.2) is 4.79 Å². The number of rotatable bonds is 3. The van der Waals surface area contributed by atoms with Gasteiger partial charge in [0, 0.05) is 6.08 Å². The summed E-state index contributed by atoms with van der Waals surface area (Å²) < 4.78 is 0. The third-order valence-corrected chi connectivity index (χ3v) is 1.97. The molecule has 2 heteroatoms. The van der Waals surface area contributed by atoms with Crippen molar-refractivity contribution in [1.29, 1.82) is 0 Å². The molecular weight excluding hydrogens is 188 g/mol. The number of carboxylic acid groups (broad SMARTS) is 1. The van der Waals surface area contributed by atoms with Gasteiger partial charge in [0.2, 0.25) is 0 Å². The summed E-state index contributed by atoms with van der Waals surface area (Å²) in [7, 11) is 0. The Bertz CT molecular complexity index is 397. The summed E-state index contributed by atoms with van der Waals surface area (Å²) in [6.45, 7) is 3.79. The normalized spacial score (nSPS) is 12.0. The second-order valence-electron chi connectivity index (χ2n) is 3.47. The molecule has 0 amide bonds. The van der Waals surface area contributed by atoms with Crippen LogP contribution in [0.1, 0.15) is 18.1 Å². The van der Waals surface area contributed by atoms with Gasteiger partial charge >= 0.3 is 5.97 Å². The lowest BCUT2D eigenvalue weighted by Gasteiger charge is -1.94. The number of benzene rings is 1. The van der Waals surface area contributed by atoms with Crippen LogP contribution in [0.5, 0.6) is 0 Å². The van der Waals surface area contributed by atoms with Crippen LogP contribution in [-0.2, 0) is 4.79 Å². The summed E-state index contributed by atoms with van der Waals surface area (Å²) in [6, 6.07) is 8.05. The van der Waals surface area contributed by atoms with E-state index in [-0.39, 0.29) is 0 Å². The Morgan fingerprint density at radius 1 is 1.27 bits per heavy atom. The molecule has 0 aliphatic carbocycles. The molecule has 0 saturated heterocycles. The van der Waals surface area contributed by atoms with Gasteiger partial charge in [0.05, 0.1) is 0 Å². The summed E-state index contributed by atoms with van der Waals surface area (Å²) in [5, 5.41) is 8.51. The average molecular weight is 202 g/mol. The highest BCUT2D eigenvalue weighted by Gasteiger charge is 1.90. The Kier molecular flexibility index (Phi) is 3.86. The van der Waals surface area contributed by atoms with E-state index in [0.717, 1.165) is 11.1 Å². The molecule has 1 aromatic carbocycles. The van der Waals surface area contributed by atoms with Crippen molar-refractivity contribution in [2.45, 2.75) is 13.8 Å². The smallest absolute Gasteiger partial charge is 0.328 e. The van der Waals surface area contributed by atoms with Crippen LogP contribution in [0.3, 0.4) is 0 Å². The van der Waals surface area contributed by atoms with Gasteiger partial charge in [-0.05, 0) is 25.0 Å². The molecule has 0 unspecified atom stereocenters. The maximum Gasteiger partial charge on any atom is 0.328 e. The lowest BCUT2D eigenvalue weighted by Crippen LogP contribution is -1.87. The van der Waals surface area contributed by atoms with E-state index in [0.29, 0.717) is 0 Å². The first-order valence-corrected chi connectivity index (χ1v) is 4.74. The number of aliphatic carboxylic acids is 1. The minimum absolute atomic E-state index is 0.725. The van der Waals surface area contributed by atoms with Crippen molar-refractivity contribution in [3.05, 3.63) is 53.1 Å². The Morgan fingerprint density at radius 3 is 2.40 bits per heavy atom. The molecule has 0 heterocycles. The highest BCUT2D eigenvalue weighted by molar-refractivity contribution is 5.81. The third kappa shape index (κ3) is 4.27. The van der Waals surface area contributed by atoms with E-state index in [1.807, 2.05) is 37.3 Å². The number of aryl methyl sites for hydroxylation is 1. The van der Waals surface area contributed by atoms with Crippen molar-refractivity contribution >= 4 is 12.0 Å². The molecule has 2 nitrogen and oxygen atoms in total. The molecular formula is C13H14O2. The number of allylic oxidation sites excluding steroid dienone is 2. The first kappa shape index (κ1) is 11.2. The fourth-order valence-corrected chi connectivity index (χ4v) is 1.15. The lowest BCUT2D eigenvalue weighted by atomic mass is 10.1. The first-order valence-electron chi connectivity index (χ1n) is 4.74. The fourth-order valence-electron chi connectivity index (χ4n) is 1.15. The predicted molar refractivity (Wildman–Crippen MR) is 61.6 cm³/mol. The molecule has 0 aromatic heterocycles. The number of hydrogen-bond donors (Lipinski definition) is 1. The zero-order valence-electron chi connectivity index (χ0n) is 8.90. The van der Waals surface area contributed by atoms with Crippen molar-refractivity contribution in [3.63, 3.8) is 0 Å². The molecule has 1 N–H and O–H groups in total. The topological polar surface area (TPSA) is 37.3 Å². The van der Waals surface area contributed by atoms with Crippen molar-refractivity contribution in [2.24, 2.45) is 0 Å². The van der Waals surface area contributed by atoms with Gasteiger partial charge in [0.15, 0.2) is 0 Å². The third-order valence-electron chi connectivity index (χ3n) is 1.97. The quantitative estimate of drug-likeness (QED) is 0.604. The lowest BCUT2D eigenvalue weighted by molar-refractivity contribution is -0.131. The van der Waals surface area contributed by atoms with Gasteiger partial charge < -0.3 is 5.11 Å². The predicted octanol–water partition coefficient (Wildman–Crippen LogP) is 3.04. The van der Waals surface area contributed by atoms with Gasteiger partial charge in [-0.15, -0.1) is 0 Å². The Morgan fingerprint density at radius 2 is 1.87 bits per heavy atom. The molecule has 0 saturated carbocycles. The van der Waals surface area contributed by atoms with Crippen molar-refractivity contribution in [1.82, 2.24) is 0 Å². The maximum absolute atomic E-state index is 10.4. The molecule has 0 fully saturated rings. The van der Waals surface area contributed by atoms with Gasteiger partial charge in [-0.1, -0.05) is 42.0 Å². The van der Waals surface area contributed by atoms with Crippen LogP contribution in [0.15, 0.2) is 42.0 Å². The largest absolute Gasteiger partial charge is 0.478 e. The van der Waals surface area contributed by atoms with E-state index in [4.69, 9.17) is 5.11 Å². The van der Waals surface area contributed by atoms with Crippen molar-refractivity contribution in [3.8, 4) is 0 Å². The van der Waals surface area contributed by atoms with Crippen LogP contribution in [-0.4, -0.2) is 11.1 Å². The number of carbonyl (C=O) groups is 1. The first-order chi connectivity index (χ1) is 7.08. The second kappa shape index (κ2) is 5.15. The summed E-state index contributed by atoms with van der Waals surface area (Å²) in [5.74, 6) is -0.916. The van der Waals surface area contributed by atoms with Crippen LogP contribution in [0.2, 0.25) is 0 Å². The number of hydrogen-bond acceptors (Lipinski definition) is 1. The molecule has 0 bridgehead atoms. The van der Waals surface area contributed by atoms with E-state index in [1.165, 1.54) is 11.6 Å². The van der Waals surface area contributed by atoms with Gasteiger partial charge in [-0.3, -0.25) is 0 Å². The highest BCUT2D eigenvalue weighted by atomic mass is 16.4. The monoisotopic (exact) mass is 202 g/mol.